The largest absolute Gasteiger partial charge is 0.202 e. The van der Waals surface area contributed by atoms with E-state index < -0.39 is 6.69 Å². The average molecular weight is 163 g/mol. The van der Waals surface area contributed by atoms with E-state index in [1.165, 1.54) is 0 Å². The van der Waals surface area contributed by atoms with Crippen molar-refractivity contribution in [1.82, 2.24) is 0 Å². The first kappa shape index (κ1) is 6.26. The molecule has 0 fully saturated rings. The lowest BCUT2D eigenvalue weighted by atomic mass is 11.4. The Labute approximate surface area is 47.5 Å². The lowest BCUT2D eigenvalue weighted by Gasteiger charge is -1.97. The van der Waals surface area contributed by atoms with Gasteiger partial charge in [-0.25, -0.2) is 0 Å². The van der Waals surface area contributed by atoms with E-state index in [4.69, 9.17) is 6.42 Å². The summed E-state index contributed by atoms with van der Waals surface area (Å²) in [6, 6.07) is 0. The first-order valence-electron chi connectivity index (χ1n) is 1.73. The van der Waals surface area contributed by atoms with Crippen LogP contribution in [-0.4, -0.2) is 6.69 Å². The van der Waals surface area contributed by atoms with Crippen LogP contribution in [0.2, 0.25) is 13.1 Å². The fourth-order valence-corrected chi connectivity index (χ4v) is 0. The molecule has 0 N–H and O–H groups in total. The van der Waals surface area contributed by atoms with Crippen LogP contribution in [0, 0.1) is 12.0 Å². The van der Waals surface area contributed by atoms with Crippen molar-refractivity contribution >= 4 is 22.0 Å². The Morgan fingerprint density at radius 2 is 1.83 bits per heavy atom. The summed E-state index contributed by atoms with van der Waals surface area (Å²) in [4.78, 5) is 0. The SMILES string of the molecule is C#C[Si](C)(C)Br. The fraction of sp³-hybridized carbons (Fsp3) is 0.500. The predicted octanol–water partition coefficient (Wildman–Crippen LogP) is 1.76. The topological polar surface area (TPSA) is 0 Å². The molecule has 2 heteroatoms. The number of halogens is 1. The highest BCUT2D eigenvalue weighted by atomic mass is 79.9. The lowest BCUT2D eigenvalue weighted by molar-refractivity contribution is 2.03. The molecular formula is C4H7BrSi. The molecule has 0 unspecified atom stereocenters. The second-order valence-corrected chi connectivity index (χ2v) is 10.8. The van der Waals surface area contributed by atoms with Crippen LogP contribution in [0.1, 0.15) is 0 Å². The minimum absolute atomic E-state index is 1.29. The molecule has 0 aliphatic carbocycles. The van der Waals surface area contributed by atoms with E-state index >= 15 is 0 Å². The van der Waals surface area contributed by atoms with Crippen molar-refractivity contribution in [1.29, 1.82) is 0 Å². The molecule has 0 rings (SSSR count). The maximum atomic E-state index is 5.07. The molecule has 0 aliphatic heterocycles. The van der Waals surface area contributed by atoms with Crippen LogP contribution in [0.3, 0.4) is 0 Å². The predicted molar refractivity (Wildman–Crippen MR) is 35.2 cm³/mol. The van der Waals surface area contributed by atoms with Crippen LogP contribution >= 0.6 is 15.3 Å². The third kappa shape index (κ3) is 4.26. The van der Waals surface area contributed by atoms with E-state index in [0.29, 0.717) is 0 Å². The van der Waals surface area contributed by atoms with Crippen LogP contribution in [0.5, 0.6) is 0 Å². The zero-order valence-corrected chi connectivity index (χ0v) is 6.54. The van der Waals surface area contributed by atoms with Gasteiger partial charge in [0.2, 0.25) is 6.69 Å². The van der Waals surface area contributed by atoms with Crippen molar-refractivity contribution in [2.24, 2.45) is 0 Å². The minimum atomic E-state index is -1.29. The van der Waals surface area contributed by atoms with Gasteiger partial charge in [-0.05, 0) is 13.1 Å². The van der Waals surface area contributed by atoms with Gasteiger partial charge in [-0.15, -0.1) is 27.3 Å². The molecular weight excluding hydrogens is 156 g/mol. The third-order valence-corrected chi connectivity index (χ3v) is 1.72. The summed E-state index contributed by atoms with van der Waals surface area (Å²) < 4.78 is 0. The molecule has 0 radical (unpaired) electrons. The molecule has 0 aromatic carbocycles. The van der Waals surface area contributed by atoms with Crippen molar-refractivity contribution in [3.05, 3.63) is 0 Å². The Morgan fingerprint density at radius 1 is 1.67 bits per heavy atom. The summed E-state index contributed by atoms with van der Waals surface area (Å²) in [6.45, 7) is 2.83. The molecule has 0 spiro atoms. The molecule has 0 nitrogen and oxygen atoms in total. The number of hydrogen-bond donors (Lipinski definition) is 0. The first-order valence-corrected chi connectivity index (χ1v) is 6.98. The maximum absolute atomic E-state index is 5.07. The minimum Gasteiger partial charge on any atom is -0.126 e. The van der Waals surface area contributed by atoms with Gasteiger partial charge in [0.15, 0.2) is 0 Å². The maximum Gasteiger partial charge on any atom is 0.202 e. The zero-order valence-electron chi connectivity index (χ0n) is 3.96. The van der Waals surface area contributed by atoms with Crippen molar-refractivity contribution in [2.45, 2.75) is 13.1 Å². The number of rotatable bonds is 0. The Bertz CT molecular complexity index is 74.5. The first-order chi connectivity index (χ1) is 2.56. The summed E-state index contributed by atoms with van der Waals surface area (Å²) in [5.74, 6) is 0. The lowest BCUT2D eigenvalue weighted by Crippen LogP contribution is -2.10. The van der Waals surface area contributed by atoms with Crippen molar-refractivity contribution < 1.29 is 0 Å². The van der Waals surface area contributed by atoms with Crippen LogP contribution in [0.25, 0.3) is 0 Å². The van der Waals surface area contributed by atoms with E-state index in [2.05, 4.69) is 33.9 Å². The highest BCUT2D eigenvalue weighted by molar-refractivity contribution is 9.26. The summed E-state index contributed by atoms with van der Waals surface area (Å²) in [5.41, 5.74) is 2.66. The molecule has 0 bridgehead atoms. The summed E-state index contributed by atoms with van der Waals surface area (Å²) in [6.07, 6.45) is 5.07. The highest BCUT2D eigenvalue weighted by Crippen LogP contribution is 2.06. The smallest absolute Gasteiger partial charge is 0.126 e. The van der Waals surface area contributed by atoms with Gasteiger partial charge in [0, 0.05) is 0 Å². The fourth-order valence-electron chi connectivity index (χ4n) is 0. The Morgan fingerprint density at radius 3 is 1.83 bits per heavy atom. The van der Waals surface area contributed by atoms with Gasteiger partial charge in [0.25, 0.3) is 0 Å². The van der Waals surface area contributed by atoms with Gasteiger partial charge < -0.3 is 0 Å². The van der Waals surface area contributed by atoms with Gasteiger partial charge in [-0.1, -0.05) is 0 Å². The Hall–Kier alpha value is 0.257. The molecule has 0 aliphatic rings. The molecule has 0 aromatic heterocycles. The van der Waals surface area contributed by atoms with E-state index in [1.54, 1.807) is 0 Å². The van der Waals surface area contributed by atoms with Crippen molar-refractivity contribution in [3.8, 4) is 12.0 Å². The third-order valence-electron chi connectivity index (χ3n) is 0.343. The van der Waals surface area contributed by atoms with Crippen molar-refractivity contribution in [3.63, 3.8) is 0 Å². The van der Waals surface area contributed by atoms with Gasteiger partial charge in [0.05, 0.1) is 0 Å². The second-order valence-electron chi connectivity index (χ2n) is 1.62. The Kier molecular flexibility index (Phi) is 1.89. The van der Waals surface area contributed by atoms with E-state index in [0.717, 1.165) is 0 Å². The monoisotopic (exact) mass is 162 g/mol. The van der Waals surface area contributed by atoms with Crippen LogP contribution in [0.4, 0.5) is 0 Å². The number of hydrogen-bond acceptors (Lipinski definition) is 0. The van der Waals surface area contributed by atoms with E-state index in [-0.39, 0.29) is 0 Å². The number of terminal acetylenes is 1. The van der Waals surface area contributed by atoms with E-state index in [1.807, 2.05) is 0 Å². The summed E-state index contributed by atoms with van der Waals surface area (Å²) in [7, 11) is 0. The molecule has 0 atom stereocenters. The standard InChI is InChI=1S/C4H7BrSi/c1-4-6(2,3)5/h1H,2-3H3. The van der Waals surface area contributed by atoms with Gasteiger partial charge in [-0.3, -0.25) is 0 Å². The van der Waals surface area contributed by atoms with Gasteiger partial charge in [0.1, 0.15) is 0 Å². The normalized spacial score (nSPS) is 10.3. The molecule has 0 heterocycles. The molecule has 34 valence electrons. The highest BCUT2D eigenvalue weighted by Gasteiger charge is 2.08. The van der Waals surface area contributed by atoms with E-state index in [9.17, 15) is 0 Å². The summed E-state index contributed by atoms with van der Waals surface area (Å²) in [5, 5.41) is 0. The van der Waals surface area contributed by atoms with Crippen LogP contribution < -0.4 is 0 Å². The molecule has 6 heavy (non-hydrogen) atoms. The molecule has 0 saturated heterocycles. The molecule has 0 amide bonds. The van der Waals surface area contributed by atoms with Gasteiger partial charge in [-0.2, -0.15) is 0 Å². The Balaban J connectivity index is 3.55. The van der Waals surface area contributed by atoms with Crippen LogP contribution in [-0.2, 0) is 0 Å². The quantitative estimate of drug-likeness (QED) is 0.290. The van der Waals surface area contributed by atoms with Gasteiger partial charge >= 0.3 is 0 Å². The van der Waals surface area contributed by atoms with Crippen molar-refractivity contribution in [2.75, 3.05) is 0 Å². The van der Waals surface area contributed by atoms with Crippen LogP contribution in [0.15, 0.2) is 0 Å². The molecule has 0 aromatic rings. The molecule has 0 saturated carbocycles. The average Bonchev–Trinajstić information content (AvgIpc) is 1.35. The second kappa shape index (κ2) is 1.81. The summed E-state index contributed by atoms with van der Waals surface area (Å²) >= 11 is 3.38. The zero-order chi connectivity index (χ0) is 5.21.